The Balaban J connectivity index is 3.04. The first-order valence-electron chi connectivity index (χ1n) is 7.25. The van der Waals surface area contributed by atoms with Crippen molar-refractivity contribution in [3.05, 3.63) is 47.7 Å². The molecule has 0 bridgehead atoms. The van der Waals surface area contributed by atoms with Crippen LogP contribution in [0, 0.1) is 11.3 Å². The summed E-state index contributed by atoms with van der Waals surface area (Å²) in [6.45, 7) is 10.9. The molecule has 1 unspecified atom stereocenters. The molecule has 0 amide bonds. The van der Waals surface area contributed by atoms with Crippen LogP contribution in [0.3, 0.4) is 0 Å². The molecule has 1 aliphatic rings. The Bertz CT molecular complexity index is 431. The van der Waals surface area contributed by atoms with Gasteiger partial charge in [-0.2, -0.15) is 0 Å². The van der Waals surface area contributed by atoms with Crippen LogP contribution in [0.25, 0.3) is 0 Å². The van der Waals surface area contributed by atoms with Gasteiger partial charge in [-0.15, -0.1) is 0 Å². The molecular weight excluding hydrogens is 230 g/mol. The molecule has 1 nitrogen and oxygen atoms in total. The maximum absolute atomic E-state index is 4.69. The van der Waals surface area contributed by atoms with Crippen molar-refractivity contribution in [2.45, 2.75) is 47.5 Å². The molecule has 1 aliphatic heterocycles. The van der Waals surface area contributed by atoms with Crippen molar-refractivity contribution in [2.24, 2.45) is 16.3 Å². The van der Waals surface area contributed by atoms with E-state index in [1.165, 1.54) is 12.0 Å². The molecule has 0 radical (unpaired) electrons. The first kappa shape index (κ1) is 15.7. The molecule has 19 heavy (non-hydrogen) atoms. The number of rotatable bonds is 5. The summed E-state index contributed by atoms with van der Waals surface area (Å²) in [6.07, 6.45) is 17.3. The quantitative estimate of drug-likeness (QED) is 0.579. The molecular formula is C18H27N. The minimum atomic E-state index is 0.0349. The summed E-state index contributed by atoms with van der Waals surface area (Å²) in [5, 5.41) is 0. The Labute approximate surface area is 118 Å². The summed E-state index contributed by atoms with van der Waals surface area (Å²) in [6, 6.07) is 0. The molecule has 0 aromatic carbocycles. The lowest BCUT2D eigenvalue weighted by Crippen LogP contribution is -2.07. The van der Waals surface area contributed by atoms with Gasteiger partial charge in [0.25, 0.3) is 0 Å². The van der Waals surface area contributed by atoms with Gasteiger partial charge >= 0.3 is 0 Å². The second kappa shape index (κ2) is 7.28. The lowest BCUT2D eigenvalue weighted by atomic mass is 9.94. The standard InChI is InChI=1S/C18H27N/c1-6-8-9-16-12-13-18(4,5)14-19-17(16)11-10-15(3)7-2/h6,8,10-15H,7,9H2,1-5H3/b8-6-,11-10-. The van der Waals surface area contributed by atoms with Crippen LogP contribution in [0.15, 0.2) is 52.7 Å². The maximum Gasteiger partial charge on any atom is 0.0658 e. The molecule has 0 aromatic heterocycles. The highest BCUT2D eigenvalue weighted by Crippen LogP contribution is 2.24. The van der Waals surface area contributed by atoms with Crippen molar-refractivity contribution in [2.75, 3.05) is 0 Å². The molecule has 0 aromatic rings. The van der Waals surface area contributed by atoms with E-state index < -0.39 is 0 Å². The Kier molecular flexibility index (Phi) is 6.01. The van der Waals surface area contributed by atoms with Gasteiger partial charge in [0.05, 0.1) is 5.70 Å². The maximum atomic E-state index is 4.69. The molecule has 0 N–H and O–H groups in total. The summed E-state index contributed by atoms with van der Waals surface area (Å²) in [5.41, 5.74) is 2.42. The monoisotopic (exact) mass is 257 g/mol. The van der Waals surface area contributed by atoms with Gasteiger partial charge in [0.1, 0.15) is 0 Å². The summed E-state index contributed by atoms with van der Waals surface area (Å²) >= 11 is 0. The molecule has 1 heteroatoms. The van der Waals surface area contributed by atoms with Gasteiger partial charge in [-0.3, -0.25) is 4.99 Å². The Morgan fingerprint density at radius 2 is 2.11 bits per heavy atom. The van der Waals surface area contributed by atoms with Crippen LogP contribution in [-0.4, -0.2) is 6.21 Å². The molecule has 0 saturated heterocycles. The fourth-order valence-electron chi connectivity index (χ4n) is 1.72. The minimum absolute atomic E-state index is 0.0349. The second-order valence-corrected chi connectivity index (χ2v) is 5.84. The van der Waals surface area contributed by atoms with Gasteiger partial charge < -0.3 is 0 Å². The van der Waals surface area contributed by atoms with Crippen LogP contribution in [0.4, 0.5) is 0 Å². The van der Waals surface area contributed by atoms with E-state index in [9.17, 15) is 0 Å². The lowest BCUT2D eigenvalue weighted by Gasteiger charge is -2.10. The zero-order chi connectivity index (χ0) is 14.3. The first-order valence-corrected chi connectivity index (χ1v) is 7.25. The molecule has 0 saturated carbocycles. The van der Waals surface area contributed by atoms with E-state index in [1.807, 2.05) is 6.21 Å². The molecule has 1 heterocycles. The average molecular weight is 257 g/mol. The van der Waals surface area contributed by atoms with Gasteiger partial charge in [-0.05, 0) is 30.9 Å². The van der Waals surface area contributed by atoms with E-state index >= 15 is 0 Å². The van der Waals surface area contributed by atoms with Crippen molar-refractivity contribution in [1.29, 1.82) is 0 Å². The van der Waals surface area contributed by atoms with E-state index in [1.54, 1.807) is 0 Å². The van der Waals surface area contributed by atoms with Crippen LogP contribution in [0.1, 0.15) is 47.5 Å². The molecule has 1 atom stereocenters. The fourth-order valence-corrected chi connectivity index (χ4v) is 1.72. The SMILES string of the molecule is C/C=C\CC1=C(/C=C\C(C)CC)N=CC(C)(C)C=C1. The number of allylic oxidation sites excluding steroid dienone is 7. The topological polar surface area (TPSA) is 12.4 Å². The molecule has 1 rings (SSSR count). The smallest absolute Gasteiger partial charge is 0.0658 e. The van der Waals surface area contributed by atoms with E-state index in [4.69, 9.17) is 0 Å². The van der Waals surface area contributed by atoms with Gasteiger partial charge in [0, 0.05) is 11.6 Å². The average Bonchev–Trinajstić information content (AvgIpc) is 2.53. The molecule has 0 spiro atoms. The van der Waals surface area contributed by atoms with Gasteiger partial charge in [0.2, 0.25) is 0 Å². The largest absolute Gasteiger partial charge is 0.260 e. The van der Waals surface area contributed by atoms with Crippen molar-refractivity contribution in [3.63, 3.8) is 0 Å². The highest BCUT2D eigenvalue weighted by atomic mass is 14.7. The van der Waals surface area contributed by atoms with Crippen LogP contribution < -0.4 is 0 Å². The third kappa shape index (κ3) is 5.42. The highest BCUT2D eigenvalue weighted by molar-refractivity contribution is 5.71. The Hall–Kier alpha value is -1.37. The number of hydrogen-bond acceptors (Lipinski definition) is 1. The van der Waals surface area contributed by atoms with E-state index in [0.717, 1.165) is 12.1 Å². The molecule has 0 fully saturated rings. The van der Waals surface area contributed by atoms with Crippen LogP contribution in [0.2, 0.25) is 0 Å². The summed E-state index contributed by atoms with van der Waals surface area (Å²) in [5.74, 6) is 0.603. The van der Waals surface area contributed by atoms with Crippen molar-refractivity contribution in [1.82, 2.24) is 0 Å². The summed E-state index contributed by atoms with van der Waals surface area (Å²) < 4.78 is 0. The summed E-state index contributed by atoms with van der Waals surface area (Å²) in [4.78, 5) is 4.69. The normalized spacial score (nSPS) is 20.5. The highest BCUT2D eigenvalue weighted by Gasteiger charge is 2.14. The van der Waals surface area contributed by atoms with Crippen molar-refractivity contribution < 1.29 is 0 Å². The predicted octanol–water partition coefficient (Wildman–Crippen LogP) is 5.48. The third-order valence-electron chi connectivity index (χ3n) is 3.38. The number of hydrogen-bond donors (Lipinski definition) is 0. The van der Waals surface area contributed by atoms with Gasteiger partial charge in [0.15, 0.2) is 0 Å². The second-order valence-electron chi connectivity index (χ2n) is 5.84. The first-order chi connectivity index (χ1) is 8.98. The van der Waals surface area contributed by atoms with Gasteiger partial charge in [-0.1, -0.05) is 64.5 Å². The van der Waals surface area contributed by atoms with Crippen LogP contribution in [-0.2, 0) is 0 Å². The van der Waals surface area contributed by atoms with Crippen LogP contribution >= 0.6 is 0 Å². The van der Waals surface area contributed by atoms with E-state index in [-0.39, 0.29) is 5.41 Å². The van der Waals surface area contributed by atoms with Gasteiger partial charge in [-0.25, -0.2) is 0 Å². The van der Waals surface area contributed by atoms with Crippen LogP contribution in [0.5, 0.6) is 0 Å². The van der Waals surface area contributed by atoms with E-state index in [0.29, 0.717) is 5.92 Å². The van der Waals surface area contributed by atoms with Crippen molar-refractivity contribution in [3.8, 4) is 0 Å². The van der Waals surface area contributed by atoms with Crippen molar-refractivity contribution >= 4 is 6.21 Å². The molecule has 0 aliphatic carbocycles. The zero-order valence-electron chi connectivity index (χ0n) is 13.0. The van der Waals surface area contributed by atoms with E-state index in [2.05, 4.69) is 76.1 Å². The third-order valence-corrected chi connectivity index (χ3v) is 3.38. The fraction of sp³-hybridized carbons (Fsp3) is 0.500. The predicted molar refractivity (Wildman–Crippen MR) is 86.5 cm³/mol. The minimum Gasteiger partial charge on any atom is -0.260 e. The number of aliphatic imine (C=N–C) groups is 1. The zero-order valence-corrected chi connectivity index (χ0v) is 13.0. The number of nitrogens with zero attached hydrogens (tertiary/aromatic N) is 1. The Morgan fingerprint density at radius 1 is 1.37 bits per heavy atom. The summed E-state index contributed by atoms with van der Waals surface area (Å²) in [7, 11) is 0. The molecule has 104 valence electrons. The lowest BCUT2D eigenvalue weighted by molar-refractivity contribution is 0.694. The Morgan fingerprint density at radius 3 is 2.74 bits per heavy atom.